The molecule has 0 amide bonds. The highest BCUT2D eigenvalue weighted by molar-refractivity contribution is 4.91. The van der Waals surface area contributed by atoms with Crippen LogP contribution in [0.25, 0.3) is 0 Å². The van der Waals surface area contributed by atoms with Crippen LogP contribution in [0, 0.1) is 0 Å². The van der Waals surface area contributed by atoms with Crippen molar-refractivity contribution >= 4 is 0 Å². The molecule has 0 saturated carbocycles. The Balaban J connectivity index is 1.57. The summed E-state index contributed by atoms with van der Waals surface area (Å²) in [5.41, 5.74) is 0. The molecule has 0 N–H and O–H groups in total. The summed E-state index contributed by atoms with van der Waals surface area (Å²) < 4.78 is 9.65. The van der Waals surface area contributed by atoms with Crippen molar-refractivity contribution in [1.82, 2.24) is 29.2 Å². The second kappa shape index (κ2) is 5.50. The van der Waals surface area contributed by atoms with Crippen molar-refractivity contribution in [1.29, 1.82) is 0 Å². The lowest BCUT2D eigenvalue weighted by Crippen LogP contribution is -2.44. The summed E-state index contributed by atoms with van der Waals surface area (Å²) in [5.74, 6) is 1.08. The van der Waals surface area contributed by atoms with Crippen molar-refractivity contribution in [3.8, 4) is 0 Å². The number of aromatic nitrogens is 5. The standard InChI is InChI=1S/C12H18N6O/c1-16-3-2-14-12(16)8-17-4-5-19-11(6-17)7-18-10-13-9-15-18/h2-3,9-11H,4-8H2,1H3/t11-/m1/s1. The van der Waals surface area contributed by atoms with Gasteiger partial charge in [0.05, 0.1) is 25.8 Å². The first kappa shape index (κ1) is 12.3. The average Bonchev–Trinajstić information content (AvgIpc) is 3.03. The van der Waals surface area contributed by atoms with Crippen molar-refractivity contribution in [2.24, 2.45) is 7.05 Å². The molecule has 0 spiro atoms. The Labute approximate surface area is 111 Å². The van der Waals surface area contributed by atoms with Gasteiger partial charge in [0.2, 0.25) is 0 Å². The van der Waals surface area contributed by atoms with E-state index in [1.54, 1.807) is 12.7 Å². The van der Waals surface area contributed by atoms with Gasteiger partial charge in [-0.15, -0.1) is 0 Å². The van der Waals surface area contributed by atoms with Gasteiger partial charge in [0.25, 0.3) is 0 Å². The maximum absolute atomic E-state index is 5.77. The Morgan fingerprint density at radius 3 is 3.16 bits per heavy atom. The van der Waals surface area contributed by atoms with Gasteiger partial charge in [-0.1, -0.05) is 0 Å². The van der Waals surface area contributed by atoms with Gasteiger partial charge in [-0.2, -0.15) is 5.10 Å². The molecule has 1 aliphatic heterocycles. The monoisotopic (exact) mass is 262 g/mol. The molecule has 3 rings (SSSR count). The molecule has 2 aromatic rings. The van der Waals surface area contributed by atoms with E-state index < -0.39 is 0 Å². The minimum absolute atomic E-state index is 0.163. The third-order valence-corrected chi connectivity index (χ3v) is 3.37. The van der Waals surface area contributed by atoms with E-state index in [1.807, 2.05) is 24.1 Å². The Morgan fingerprint density at radius 1 is 1.47 bits per heavy atom. The topological polar surface area (TPSA) is 61.0 Å². The Hall–Kier alpha value is -1.73. The minimum Gasteiger partial charge on any atom is -0.374 e. The highest BCUT2D eigenvalue weighted by atomic mass is 16.5. The van der Waals surface area contributed by atoms with Crippen LogP contribution in [0.5, 0.6) is 0 Å². The molecule has 0 aliphatic carbocycles. The maximum atomic E-state index is 5.77. The van der Waals surface area contributed by atoms with Gasteiger partial charge >= 0.3 is 0 Å². The van der Waals surface area contributed by atoms with Crippen LogP contribution in [-0.2, 0) is 24.9 Å². The summed E-state index contributed by atoms with van der Waals surface area (Å²) in [5, 5.41) is 4.12. The lowest BCUT2D eigenvalue weighted by molar-refractivity contribution is -0.0411. The first-order valence-electron chi connectivity index (χ1n) is 6.44. The molecule has 1 saturated heterocycles. The van der Waals surface area contributed by atoms with Crippen LogP contribution < -0.4 is 0 Å². The first-order valence-corrected chi connectivity index (χ1v) is 6.44. The highest BCUT2D eigenvalue weighted by Gasteiger charge is 2.22. The number of aryl methyl sites for hydroxylation is 1. The molecule has 1 fully saturated rings. The summed E-state index contributed by atoms with van der Waals surface area (Å²) in [7, 11) is 2.02. The fourth-order valence-corrected chi connectivity index (χ4v) is 2.32. The molecule has 19 heavy (non-hydrogen) atoms. The van der Waals surface area contributed by atoms with Gasteiger partial charge < -0.3 is 9.30 Å². The molecule has 1 aliphatic rings. The van der Waals surface area contributed by atoms with E-state index in [2.05, 4.69) is 24.5 Å². The van der Waals surface area contributed by atoms with Crippen molar-refractivity contribution in [3.05, 3.63) is 30.9 Å². The summed E-state index contributed by atoms with van der Waals surface area (Å²) in [6.45, 7) is 4.20. The Kier molecular flexibility index (Phi) is 3.56. The van der Waals surface area contributed by atoms with Gasteiger partial charge in [-0.25, -0.2) is 9.97 Å². The second-order valence-corrected chi connectivity index (χ2v) is 4.80. The van der Waals surface area contributed by atoms with Gasteiger partial charge in [0, 0.05) is 32.5 Å². The molecule has 0 unspecified atom stereocenters. The van der Waals surface area contributed by atoms with E-state index in [-0.39, 0.29) is 6.10 Å². The van der Waals surface area contributed by atoms with Gasteiger partial charge in [0.1, 0.15) is 18.5 Å². The molecule has 7 heteroatoms. The predicted octanol–water partition coefficient (Wildman–Crippen LogP) is -0.0874. The fourth-order valence-electron chi connectivity index (χ4n) is 2.32. The van der Waals surface area contributed by atoms with Crippen LogP contribution in [0.15, 0.2) is 25.0 Å². The fraction of sp³-hybridized carbons (Fsp3) is 0.583. The Bertz CT molecular complexity index is 508. The molecule has 1 atom stereocenters. The third kappa shape index (κ3) is 2.99. The van der Waals surface area contributed by atoms with Crippen LogP contribution in [0.4, 0.5) is 0 Å². The van der Waals surface area contributed by atoms with E-state index in [0.29, 0.717) is 0 Å². The van der Waals surface area contributed by atoms with Crippen LogP contribution in [0.2, 0.25) is 0 Å². The zero-order chi connectivity index (χ0) is 13.1. The number of rotatable bonds is 4. The number of hydrogen-bond acceptors (Lipinski definition) is 5. The van der Waals surface area contributed by atoms with Crippen molar-refractivity contribution in [3.63, 3.8) is 0 Å². The molecule has 3 heterocycles. The molecule has 0 bridgehead atoms. The van der Waals surface area contributed by atoms with E-state index in [9.17, 15) is 0 Å². The number of hydrogen-bond donors (Lipinski definition) is 0. The normalized spacial score (nSPS) is 20.8. The van der Waals surface area contributed by atoms with Crippen LogP contribution >= 0.6 is 0 Å². The maximum Gasteiger partial charge on any atom is 0.137 e. The van der Waals surface area contributed by atoms with Gasteiger partial charge in [-0.3, -0.25) is 9.58 Å². The van der Waals surface area contributed by atoms with Gasteiger partial charge in [-0.05, 0) is 0 Å². The number of ether oxygens (including phenoxy) is 1. The summed E-state index contributed by atoms with van der Waals surface area (Å²) in [6.07, 6.45) is 7.25. The van der Waals surface area contributed by atoms with Crippen molar-refractivity contribution in [2.45, 2.75) is 19.2 Å². The summed E-state index contributed by atoms with van der Waals surface area (Å²) >= 11 is 0. The predicted molar refractivity (Wildman–Crippen MR) is 68.2 cm³/mol. The van der Waals surface area contributed by atoms with E-state index >= 15 is 0 Å². The summed E-state index contributed by atoms with van der Waals surface area (Å²) in [6, 6.07) is 0. The van der Waals surface area contributed by atoms with E-state index in [0.717, 1.165) is 38.6 Å². The van der Waals surface area contributed by atoms with E-state index in [4.69, 9.17) is 4.74 Å². The van der Waals surface area contributed by atoms with E-state index in [1.165, 1.54) is 0 Å². The van der Waals surface area contributed by atoms with Crippen LogP contribution in [0.3, 0.4) is 0 Å². The average molecular weight is 262 g/mol. The zero-order valence-corrected chi connectivity index (χ0v) is 11.0. The molecule has 7 nitrogen and oxygen atoms in total. The second-order valence-electron chi connectivity index (χ2n) is 4.80. The molecular weight excluding hydrogens is 244 g/mol. The zero-order valence-electron chi connectivity index (χ0n) is 11.0. The van der Waals surface area contributed by atoms with Gasteiger partial charge in [0.15, 0.2) is 0 Å². The molecule has 2 aromatic heterocycles. The summed E-state index contributed by atoms with van der Waals surface area (Å²) in [4.78, 5) is 10.7. The first-order chi connectivity index (χ1) is 9.31. The number of imidazole rings is 1. The highest BCUT2D eigenvalue weighted by Crippen LogP contribution is 2.10. The number of morpholine rings is 1. The smallest absolute Gasteiger partial charge is 0.137 e. The SMILES string of the molecule is Cn1ccnc1CN1CCO[C@@H](Cn2cncn2)C1. The quantitative estimate of drug-likeness (QED) is 0.771. The molecule has 0 aromatic carbocycles. The van der Waals surface area contributed by atoms with Crippen LogP contribution in [-0.4, -0.2) is 55.0 Å². The lowest BCUT2D eigenvalue weighted by Gasteiger charge is -2.32. The molecular formula is C12H18N6O. The lowest BCUT2D eigenvalue weighted by atomic mass is 10.2. The van der Waals surface area contributed by atoms with Crippen molar-refractivity contribution < 1.29 is 4.74 Å². The third-order valence-electron chi connectivity index (χ3n) is 3.37. The van der Waals surface area contributed by atoms with Crippen molar-refractivity contribution in [2.75, 3.05) is 19.7 Å². The minimum atomic E-state index is 0.163. The number of nitrogens with zero attached hydrogens (tertiary/aromatic N) is 6. The van der Waals surface area contributed by atoms with Crippen LogP contribution in [0.1, 0.15) is 5.82 Å². The molecule has 0 radical (unpaired) electrons. The molecule has 102 valence electrons. The Morgan fingerprint density at radius 2 is 2.42 bits per heavy atom. The largest absolute Gasteiger partial charge is 0.374 e.